The molecule has 0 aliphatic rings. The number of nitrogens with zero attached hydrogens (tertiary/aromatic N) is 1. The molecule has 8 N–H and O–H groups in total. The molecule has 0 spiro atoms. The summed E-state index contributed by atoms with van der Waals surface area (Å²) >= 11 is 0. The molecule has 0 aromatic carbocycles. The number of amides is 3. The Kier molecular flexibility index (Phi) is 8.55. The maximum absolute atomic E-state index is 12.3. The number of carbonyl (C=O) groups is 5. The van der Waals surface area contributed by atoms with Gasteiger partial charge in [-0.1, -0.05) is 0 Å². The standard InChI is InChI=1S/C15H22N6O7/c1-7(15(27)28)20-14(26)10(2-8-4-17-6-19-8)21-11(22)5-18-13(25)9(16)3-12(23)24/h4,6-7,9-10H,2-3,5,16H2,1H3,(H,17,19)(H,18,25)(H,20,26)(H,21,22)(H,23,24)(H,27,28). The number of carboxylic acid groups (broad SMARTS) is 2. The average Bonchev–Trinajstić information content (AvgIpc) is 3.11. The molecule has 0 aliphatic carbocycles. The van der Waals surface area contributed by atoms with E-state index in [1.807, 2.05) is 0 Å². The molecular weight excluding hydrogens is 376 g/mol. The lowest BCUT2D eigenvalue weighted by Gasteiger charge is -2.20. The highest BCUT2D eigenvalue weighted by Crippen LogP contribution is 2.00. The second-order valence-electron chi connectivity index (χ2n) is 5.89. The van der Waals surface area contributed by atoms with Crippen LogP contribution in [0, 0.1) is 0 Å². The molecule has 1 heterocycles. The highest BCUT2D eigenvalue weighted by atomic mass is 16.4. The highest BCUT2D eigenvalue weighted by Gasteiger charge is 2.25. The van der Waals surface area contributed by atoms with Gasteiger partial charge in [0.2, 0.25) is 17.7 Å². The van der Waals surface area contributed by atoms with Crippen LogP contribution in [0.5, 0.6) is 0 Å². The first-order valence-corrected chi connectivity index (χ1v) is 8.15. The Balaban J connectivity index is 2.67. The van der Waals surface area contributed by atoms with Crippen LogP contribution in [0.15, 0.2) is 12.5 Å². The van der Waals surface area contributed by atoms with Gasteiger partial charge >= 0.3 is 11.9 Å². The molecule has 154 valence electrons. The van der Waals surface area contributed by atoms with Gasteiger partial charge < -0.3 is 36.9 Å². The van der Waals surface area contributed by atoms with E-state index in [0.717, 1.165) is 0 Å². The van der Waals surface area contributed by atoms with Crippen LogP contribution in [-0.4, -0.2) is 74.5 Å². The van der Waals surface area contributed by atoms with Gasteiger partial charge in [-0.05, 0) is 6.92 Å². The zero-order valence-corrected chi connectivity index (χ0v) is 15.0. The molecule has 13 nitrogen and oxygen atoms in total. The van der Waals surface area contributed by atoms with Crippen LogP contribution in [0.1, 0.15) is 19.0 Å². The first-order chi connectivity index (χ1) is 13.1. The molecule has 1 rings (SSSR count). The first kappa shape index (κ1) is 22.6. The third-order valence-corrected chi connectivity index (χ3v) is 3.51. The smallest absolute Gasteiger partial charge is 0.325 e. The van der Waals surface area contributed by atoms with Crippen LogP contribution >= 0.6 is 0 Å². The number of carboxylic acids is 2. The Morgan fingerprint density at radius 3 is 2.39 bits per heavy atom. The van der Waals surface area contributed by atoms with Crippen molar-refractivity contribution in [1.29, 1.82) is 0 Å². The molecule has 1 aromatic rings. The quantitative estimate of drug-likeness (QED) is 0.201. The van der Waals surface area contributed by atoms with Crippen molar-refractivity contribution in [3.63, 3.8) is 0 Å². The van der Waals surface area contributed by atoms with Crippen molar-refractivity contribution < 1.29 is 34.2 Å². The van der Waals surface area contributed by atoms with Crippen LogP contribution in [-0.2, 0) is 30.4 Å². The van der Waals surface area contributed by atoms with Crippen LogP contribution in [0.3, 0.4) is 0 Å². The molecule has 1 aromatic heterocycles. The van der Waals surface area contributed by atoms with Gasteiger partial charge in [-0.3, -0.25) is 24.0 Å². The van der Waals surface area contributed by atoms with Crippen molar-refractivity contribution in [2.45, 2.75) is 37.9 Å². The maximum Gasteiger partial charge on any atom is 0.325 e. The Hall–Kier alpha value is -3.48. The number of aromatic nitrogens is 2. The SMILES string of the molecule is CC(NC(=O)C(Cc1cnc[nH]1)NC(=O)CNC(=O)C(N)CC(=O)O)C(=O)O. The number of nitrogens with one attached hydrogen (secondary N) is 4. The number of nitrogens with two attached hydrogens (primary N) is 1. The summed E-state index contributed by atoms with van der Waals surface area (Å²) in [4.78, 5) is 64.0. The lowest BCUT2D eigenvalue weighted by atomic mass is 10.1. The van der Waals surface area contributed by atoms with Gasteiger partial charge in [0.05, 0.1) is 25.3 Å². The van der Waals surface area contributed by atoms with Crippen LogP contribution in [0.4, 0.5) is 0 Å². The number of hydrogen-bond donors (Lipinski definition) is 7. The highest BCUT2D eigenvalue weighted by molar-refractivity contribution is 5.93. The summed E-state index contributed by atoms with van der Waals surface area (Å²) in [6.07, 6.45) is 2.19. The summed E-state index contributed by atoms with van der Waals surface area (Å²) in [5.74, 6) is -4.85. The number of H-pyrrole nitrogens is 1. The zero-order valence-electron chi connectivity index (χ0n) is 15.0. The average molecular weight is 398 g/mol. The molecule has 0 radical (unpaired) electrons. The third-order valence-electron chi connectivity index (χ3n) is 3.51. The van der Waals surface area contributed by atoms with Crippen molar-refractivity contribution >= 4 is 29.7 Å². The van der Waals surface area contributed by atoms with Crippen LogP contribution in [0.25, 0.3) is 0 Å². The molecule has 28 heavy (non-hydrogen) atoms. The van der Waals surface area contributed by atoms with Crippen molar-refractivity contribution in [3.8, 4) is 0 Å². The second kappa shape index (κ2) is 10.6. The monoisotopic (exact) mass is 398 g/mol. The maximum atomic E-state index is 12.3. The molecule has 3 atom stereocenters. The Bertz CT molecular complexity index is 720. The molecule has 0 fully saturated rings. The summed E-state index contributed by atoms with van der Waals surface area (Å²) in [5, 5.41) is 24.3. The van der Waals surface area contributed by atoms with Crippen molar-refractivity contribution in [2.24, 2.45) is 5.73 Å². The fraction of sp³-hybridized carbons (Fsp3) is 0.467. The summed E-state index contributed by atoms with van der Waals surface area (Å²) in [7, 11) is 0. The first-order valence-electron chi connectivity index (χ1n) is 8.15. The predicted octanol–water partition coefficient (Wildman–Crippen LogP) is -3.06. The van der Waals surface area contributed by atoms with Gasteiger partial charge in [-0.2, -0.15) is 0 Å². The normalized spacial score (nSPS) is 13.6. The van der Waals surface area contributed by atoms with Crippen molar-refractivity contribution in [1.82, 2.24) is 25.9 Å². The number of imidazole rings is 1. The van der Waals surface area contributed by atoms with E-state index in [1.54, 1.807) is 0 Å². The summed E-state index contributed by atoms with van der Waals surface area (Å²) < 4.78 is 0. The van der Waals surface area contributed by atoms with E-state index in [2.05, 4.69) is 25.9 Å². The number of rotatable bonds is 11. The zero-order chi connectivity index (χ0) is 21.3. The molecule has 0 saturated heterocycles. The number of aromatic amines is 1. The molecule has 0 aliphatic heterocycles. The summed E-state index contributed by atoms with van der Waals surface area (Å²) in [6, 6.07) is -3.65. The molecule has 13 heteroatoms. The van der Waals surface area contributed by atoms with E-state index < -0.39 is 60.8 Å². The second-order valence-corrected chi connectivity index (χ2v) is 5.89. The fourth-order valence-electron chi connectivity index (χ4n) is 2.03. The van der Waals surface area contributed by atoms with E-state index in [9.17, 15) is 24.0 Å². The lowest BCUT2D eigenvalue weighted by Crippen LogP contribution is -2.54. The van der Waals surface area contributed by atoms with E-state index in [-0.39, 0.29) is 6.42 Å². The summed E-state index contributed by atoms with van der Waals surface area (Å²) in [5.41, 5.74) is 5.88. The number of carbonyl (C=O) groups excluding carboxylic acids is 3. The van der Waals surface area contributed by atoms with Crippen LogP contribution < -0.4 is 21.7 Å². The van der Waals surface area contributed by atoms with E-state index in [0.29, 0.717) is 5.69 Å². The minimum absolute atomic E-state index is 0.00358. The molecule has 0 bridgehead atoms. The van der Waals surface area contributed by atoms with Crippen molar-refractivity contribution in [3.05, 3.63) is 18.2 Å². The Labute approximate surface area is 159 Å². The molecule has 0 saturated carbocycles. The van der Waals surface area contributed by atoms with Gasteiger partial charge in [-0.25, -0.2) is 4.98 Å². The van der Waals surface area contributed by atoms with E-state index in [1.165, 1.54) is 19.4 Å². The van der Waals surface area contributed by atoms with Gasteiger partial charge in [-0.15, -0.1) is 0 Å². The number of hydrogen-bond acceptors (Lipinski definition) is 7. The topological polar surface area (TPSA) is 217 Å². The number of aliphatic carboxylic acids is 2. The van der Waals surface area contributed by atoms with Crippen molar-refractivity contribution in [2.75, 3.05) is 6.54 Å². The predicted molar refractivity (Wildman–Crippen MR) is 92.7 cm³/mol. The Morgan fingerprint density at radius 1 is 1.18 bits per heavy atom. The Morgan fingerprint density at radius 2 is 1.86 bits per heavy atom. The third kappa shape index (κ3) is 7.82. The van der Waals surface area contributed by atoms with E-state index in [4.69, 9.17) is 15.9 Å². The van der Waals surface area contributed by atoms with Gasteiger partial charge in [0.15, 0.2) is 0 Å². The van der Waals surface area contributed by atoms with E-state index >= 15 is 0 Å². The minimum atomic E-state index is -1.33. The minimum Gasteiger partial charge on any atom is -0.481 e. The summed E-state index contributed by atoms with van der Waals surface area (Å²) in [6.45, 7) is 0.715. The van der Waals surface area contributed by atoms with Gasteiger partial charge in [0, 0.05) is 18.3 Å². The fourth-order valence-corrected chi connectivity index (χ4v) is 2.03. The molecule has 3 unspecified atom stereocenters. The van der Waals surface area contributed by atoms with Gasteiger partial charge in [0.1, 0.15) is 12.1 Å². The van der Waals surface area contributed by atoms with Crippen LogP contribution in [0.2, 0.25) is 0 Å². The molecule has 3 amide bonds. The molecular formula is C15H22N6O7. The largest absolute Gasteiger partial charge is 0.481 e. The van der Waals surface area contributed by atoms with Gasteiger partial charge in [0.25, 0.3) is 0 Å². The lowest BCUT2D eigenvalue weighted by molar-refractivity contribution is -0.141.